The molecule has 0 saturated heterocycles. The van der Waals surface area contributed by atoms with Crippen molar-refractivity contribution in [3.05, 3.63) is 77.1 Å². The SMILES string of the molecule is Cc1cccc(Cc2cc(CN(C)C)cc3ccncc23)c1. The number of rotatable bonds is 4. The molecule has 0 radical (unpaired) electrons. The summed E-state index contributed by atoms with van der Waals surface area (Å²) in [5, 5.41) is 2.53. The van der Waals surface area contributed by atoms with Gasteiger partial charge in [-0.1, -0.05) is 35.9 Å². The molecule has 0 aliphatic carbocycles. The van der Waals surface area contributed by atoms with Crippen LogP contribution < -0.4 is 0 Å². The number of pyridine rings is 1. The normalized spacial score (nSPS) is 11.3. The van der Waals surface area contributed by atoms with Crippen LogP contribution in [0.15, 0.2) is 54.9 Å². The predicted octanol–water partition coefficient (Wildman–Crippen LogP) is 4.20. The Bertz CT molecular complexity index is 791. The van der Waals surface area contributed by atoms with E-state index in [2.05, 4.69) is 73.4 Å². The van der Waals surface area contributed by atoms with Crippen molar-refractivity contribution >= 4 is 10.8 Å². The van der Waals surface area contributed by atoms with Gasteiger partial charge >= 0.3 is 0 Å². The molecule has 1 aromatic heterocycles. The van der Waals surface area contributed by atoms with E-state index in [1.807, 2.05) is 12.4 Å². The third-order valence-electron chi connectivity index (χ3n) is 3.88. The van der Waals surface area contributed by atoms with Crippen molar-refractivity contribution in [2.45, 2.75) is 19.9 Å². The van der Waals surface area contributed by atoms with Gasteiger partial charge < -0.3 is 4.90 Å². The van der Waals surface area contributed by atoms with Crippen LogP contribution >= 0.6 is 0 Å². The highest BCUT2D eigenvalue weighted by atomic mass is 15.0. The Morgan fingerprint density at radius 2 is 1.86 bits per heavy atom. The Morgan fingerprint density at radius 1 is 1.00 bits per heavy atom. The maximum absolute atomic E-state index is 4.31. The summed E-state index contributed by atoms with van der Waals surface area (Å²) in [6.45, 7) is 3.10. The molecule has 3 aromatic rings. The Labute approximate surface area is 132 Å². The van der Waals surface area contributed by atoms with Gasteiger partial charge in [-0.3, -0.25) is 4.98 Å². The smallest absolute Gasteiger partial charge is 0.0349 e. The van der Waals surface area contributed by atoms with E-state index in [9.17, 15) is 0 Å². The van der Waals surface area contributed by atoms with E-state index >= 15 is 0 Å². The summed E-state index contributed by atoms with van der Waals surface area (Å²) >= 11 is 0. The fourth-order valence-electron chi connectivity index (χ4n) is 2.99. The number of aryl methyl sites for hydroxylation is 1. The molecule has 0 aliphatic heterocycles. The summed E-state index contributed by atoms with van der Waals surface area (Å²) in [5.74, 6) is 0. The fourth-order valence-corrected chi connectivity index (χ4v) is 2.99. The molecule has 0 saturated carbocycles. The van der Waals surface area contributed by atoms with Gasteiger partial charge in [0.25, 0.3) is 0 Å². The van der Waals surface area contributed by atoms with E-state index in [-0.39, 0.29) is 0 Å². The zero-order chi connectivity index (χ0) is 15.5. The number of benzene rings is 2. The van der Waals surface area contributed by atoms with Gasteiger partial charge in [-0.05, 0) is 61.6 Å². The molecule has 0 fully saturated rings. The maximum atomic E-state index is 4.31. The van der Waals surface area contributed by atoms with Crippen LogP contribution in [0, 0.1) is 6.92 Å². The third-order valence-corrected chi connectivity index (χ3v) is 3.88. The Kier molecular flexibility index (Phi) is 4.21. The van der Waals surface area contributed by atoms with Gasteiger partial charge in [0.15, 0.2) is 0 Å². The molecule has 0 spiro atoms. The van der Waals surface area contributed by atoms with Crippen LogP contribution in [0.3, 0.4) is 0 Å². The second-order valence-electron chi connectivity index (χ2n) is 6.26. The van der Waals surface area contributed by atoms with Gasteiger partial charge in [-0.2, -0.15) is 0 Å². The van der Waals surface area contributed by atoms with E-state index in [1.165, 1.54) is 33.0 Å². The first-order valence-corrected chi connectivity index (χ1v) is 7.67. The van der Waals surface area contributed by atoms with Crippen molar-refractivity contribution < 1.29 is 0 Å². The van der Waals surface area contributed by atoms with E-state index in [0.29, 0.717) is 0 Å². The van der Waals surface area contributed by atoms with Crippen molar-refractivity contribution in [1.82, 2.24) is 9.88 Å². The summed E-state index contributed by atoms with van der Waals surface area (Å²) in [6, 6.07) is 15.5. The molecule has 1 heterocycles. The molecule has 3 rings (SSSR count). The molecular weight excluding hydrogens is 268 g/mol. The average Bonchev–Trinajstić information content (AvgIpc) is 2.46. The van der Waals surface area contributed by atoms with Crippen molar-refractivity contribution in [3.8, 4) is 0 Å². The van der Waals surface area contributed by atoms with Gasteiger partial charge in [0.05, 0.1) is 0 Å². The number of hydrogen-bond donors (Lipinski definition) is 0. The van der Waals surface area contributed by atoms with Crippen LogP contribution in [0.4, 0.5) is 0 Å². The minimum atomic E-state index is 0.950. The zero-order valence-electron chi connectivity index (χ0n) is 13.5. The molecular formula is C20H22N2. The predicted molar refractivity (Wildman–Crippen MR) is 93.1 cm³/mol. The van der Waals surface area contributed by atoms with Gasteiger partial charge in [0.1, 0.15) is 0 Å². The second-order valence-corrected chi connectivity index (χ2v) is 6.26. The van der Waals surface area contributed by atoms with Gasteiger partial charge in [0.2, 0.25) is 0 Å². The van der Waals surface area contributed by atoms with Crippen molar-refractivity contribution in [1.29, 1.82) is 0 Å². The van der Waals surface area contributed by atoms with Gasteiger partial charge in [-0.15, -0.1) is 0 Å². The molecule has 0 atom stereocenters. The van der Waals surface area contributed by atoms with Crippen LogP contribution in [0.2, 0.25) is 0 Å². The summed E-state index contributed by atoms with van der Waals surface area (Å²) in [4.78, 5) is 6.52. The Hall–Kier alpha value is -2.19. The standard InChI is InChI=1S/C20H22N2/c1-15-5-4-6-16(9-15)10-19-12-17(14-22(2)3)11-18-7-8-21-13-20(18)19/h4-9,11-13H,10,14H2,1-3H3. The van der Waals surface area contributed by atoms with E-state index in [4.69, 9.17) is 0 Å². The second kappa shape index (κ2) is 6.29. The minimum absolute atomic E-state index is 0.950. The first-order valence-electron chi connectivity index (χ1n) is 7.67. The molecule has 112 valence electrons. The lowest BCUT2D eigenvalue weighted by atomic mass is 9.96. The molecule has 0 N–H and O–H groups in total. The van der Waals surface area contributed by atoms with E-state index < -0.39 is 0 Å². The molecule has 0 bridgehead atoms. The van der Waals surface area contributed by atoms with E-state index in [1.54, 1.807) is 0 Å². The Morgan fingerprint density at radius 3 is 2.64 bits per heavy atom. The lowest BCUT2D eigenvalue weighted by Gasteiger charge is -2.14. The van der Waals surface area contributed by atoms with Crippen LogP contribution in [-0.4, -0.2) is 24.0 Å². The van der Waals surface area contributed by atoms with Crippen molar-refractivity contribution in [3.63, 3.8) is 0 Å². The van der Waals surface area contributed by atoms with Gasteiger partial charge in [0, 0.05) is 24.3 Å². The van der Waals surface area contributed by atoms with Gasteiger partial charge in [-0.25, -0.2) is 0 Å². The van der Waals surface area contributed by atoms with Crippen LogP contribution in [-0.2, 0) is 13.0 Å². The lowest BCUT2D eigenvalue weighted by molar-refractivity contribution is 0.402. The first-order chi connectivity index (χ1) is 10.6. The summed E-state index contributed by atoms with van der Waals surface area (Å²) < 4.78 is 0. The maximum Gasteiger partial charge on any atom is 0.0349 e. The zero-order valence-corrected chi connectivity index (χ0v) is 13.5. The monoisotopic (exact) mass is 290 g/mol. The summed E-state index contributed by atoms with van der Waals surface area (Å²) in [5.41, 5.74) is 5.37. The number of nitrogens with zero attached hydrogens (tertiary/aromatic N) is 2. The highest BCUT2D eigenvalue weighted by Gasteiger charge is 2.07. The van der Waals surface area contributed by atoms with E-state index in [0.717, 1.165) is 13.0 Å². The average molecular weight is 290 g/mol. The van der Waals surface area contributed by atoms with Crippen LogP contribution in [0.25, 0.3) is 10.8 Å². The molecule has 0 amide bonds. The highest BCUT2D eigenvalue weighted by molar-refractivity contribution is 5.85. The van der Waals surface area contributed by atoms with Crippen LogP contribution in [0.1, 0.15) is 22.3 Å². The number of fused-ring (bicyclic) bond motifs is 1. The summed E-state index contributed by atoms with van der Waals surface area (Å²) in [6.07, 6.45) is 4.81. The molecule has 0 aliphatic rings. The van der Waals surface area contributed by atoms with Crippen molar-refractivity contribution in [2.75, 3.05) is 14.1 Å². The highest BCUT2D eigenvalue weighted by Crippen LogP contribution is 2.24. The fraction of sp³-hybridized carbons (Fsp3) is 0.250. The largest absolute Gasteiger partial charge is 0.305 e. The summed E-state index contributed by atoms with van der Waals surface area (Å²) in [7, 11) is 4.22. The minimum Gasteiger partial charge on any atom is -0.305 e. The third kappa shape index (κ3) is 3.34. The molecule has 2 heteroatoms. The Balaban J connectivity index is 2.06. The topological polar surface area (TPSA) is 16.1 Å². The lowest BCUT2D eigenvalue weighted by Crippen LogP contribution is -2.11. The number of aromatic nitrogens is 1. The molecule has 2 aromatic carbocycles. The van der Waals surface area contributed by atoms with Crippen molar-refractivity contribution in [2.24, 2.45) is 0 Å². The quantitative estimate of drug-likeness (QED) is 0.716. The molecule has 22 heavy (non-hydrogen) atoms. The van der Waals surface area contributed by atoms with Crippen LogP contribution in [0.5, 0.6) is 0 Å². The first kappa shape index (κ1) is 14.7. The molecule has 2 nitrogen and oxygen atoms in total. The number of hydrogen-bond acceptors (Lipinski definition) is 2. The molecule has 0 unspecified atom stereocenters.